The molecule has 0 fully saturated rings. The van der Waals surface area contributed by atoms with Crippen LogP contribution in [0.5, 0.6) is 0 Å². The van der Waals surface area contributed by atoms with Crippen molar-refractivity contribution in [2.75, 3.05) is 18.1 Å². The van der Waals surface area contributed by atoms with E-state index in [4.69, 9.17) is 0 Å². The van der Waals surface area contributed by atoms with Crippen LogP contribution < -0.4 is 4.90 Å². The minimum absolute atomic E-state index is 0.00362. The average molecular weight is 224 g/mol. The van der Waals surface area contributed by atoms with Crippen molar-refractivity contribution in [3.8, 4) is 0 Å². The molecule has 0 saturated heterocycles. The van der Waals surface area contributed by atoms with Crippen LogP contribution in [-0.4, -0.2) is 24.0 Å². The van der Waals surface area contributed by atoms with E-state index in [1.54, 1.807) is 0 Å². The summed E-state index contributed by atoms with van der Waals surface area (Å²) in [7, 11) is 0. The fourth-order valence-corrected chi connectivity index (χ4v) is 1.81. The first-order valence-electron chi connectivity index (χ1n) is 4.77. The number of benzene rings is 1. The molecule has 1 aliphatic heterocycles. The van der Waals surface area contributed by atoms with E-state index < -0.39 is 11.6 Å². The fraction of sp³-hybridized carbons (Fsp3) is 0.300. The quantitative estimate of drug-likeness (QED) is 0.576. The van der Waals surface area contributed by atoms with Crippen molar-refractivity contribution in [1.82, 2.24) is 0 Å². The smallest absolute Gasteiger partial charge is 0.269 e. The minimum atomic E-state index is -0.623. The van der Waals surface area contributed by atoms with Crippen LogP contribution >= 0.6 is 0 Å². The first-order chi connectivity index (χ1) is 7.63. The number of nitro groups is 1. The summed E-state index contributed by atoms with van der Waals surface area (Å²) < 4.78 is 12.2. The molecule has 1 aromatic carbocycles. The zero-order valence-corrected chi connectivity index (χ0v) is 8.35. The molecule has 0 radical (unpaired) electrons. The predicted molar refractivity (Wildman–Crippen MR) is 55.1 cm³/mol. The third-order valence-corrected chi connectivity index (χ3v) is 2.52. The van der Waals surface area contributed by atoms with Gasteiger partial charge in [0, 0.05) is 17.8 Å². The summed E-state index contributed by atoms with van der Waals surface area (Å²) in [6.45, 7) is -0.619. The lowest BCUT2D eigenvalue weighted by Crippen LogP contribution is -2.28. The van der Waals surface area contributed by atoms with Gasteiger partial charge in [-0.25, -0.2) is 4.39 Å². The fourth-order valence-electron chi connectivity index (χ4n) is 1.81. The number of hydrogen-bond acceptors (Lipinski definition) is 3. The number of hydrogen-bond donors (Lipinski definition) is 0. The van der Waals surface area contributed by atoms with E-state index >= 15 is 0 Å². The molecule has 6 heteroatoms. The van der Waals surface area contributed by atoms with Crippen LogP contribution in [0.4, 0.5) is 15.8 Å². The maximum absolute atomic E-state index is 12.2. The van der Waals surface area contributed by atoms with Gasteiger partial charge in [0.05, 0.1) is 17.9 Å². The molecule has 0 aliphatic carbocycles. The molecule has 0 bridgehead atoms. The summed E-state index contributed by atoms with van der Waals surface area (Å²) in [5, 5.41) is 10.5. The first-order valence-corrected chi connectivity index (χ1v) is 4.77. The predicted octanol–water partition coefficient (Wildman–Crippen LogP) is 1.45. The van der Waals surface area contributed by atoms with Crippen LogP contribution in [0.3, 0.4) is 0 Å². The monoisotopic (exact) mass is 224 g/mol. The van der Waals surface area contributed by atoms with Gasteiger partial charge in [0.1, 0.15) is 6.67 Å². The summed E-state index contributed by atoms with van der Waals surface area (Å²) in [5.41, 5.74) is 1.12. The molecule has 0 unspecified atom stereocenters. The number of alkyl halides is 1. The second-order valence-electron chi connectivity index (χ2n) is 3.48. The van der Waals surface area contributed by atoms with Gasteiger partial charge >= 0.3 is 0 Å². The Kier molecular flexibility index (Phi) is 2.55. The lowest BCUT2D eigenvalue weighted by Gasteiger charge is -2.14. The number of non-ortho nitro benzene ring substituents is 1. The van der Waals surface area contributed by atoms with Crippen molar-refractivity contribution in [3.63, 3.8) is 0 Å². The Morgan fingerprint density at radius 1 is 1.50 bits per heavy atom. The van der Waals surface area contributed by atoms with Gasteiger partial charge in [-0.1, -0.05) is 0 Å². The van der Waals surface area contributed by atoms with Crippen molar-refractivity contribution in [3.05, 3.63) is 33.9 Å². The number of nitrogens with zero attached hydrogens (tertiary/aromatic N) is 2. The van der Waals surface area contributed by atoms with Crippen molar-refractivity contribution in [1.29, 1.82) is 0 Å². The van der Waals surface area contributed by atoms with Gasteiger partial charge in [0.15, 0.2) is 0 Å². The van der Waals surface area contributed by atoms with Gasteiger partial charge in [-0.3, -0.25) is 14.9 Å². The Morgan fingerprint density at radius 3 is 2.88 bits per heavy atom. The number of amides is 1. The highest BCUT2D eigenvalue weighted by Crippen LogP contribution is 2.31. The molecule has 1 amide bonds. The largest absolute Gasteiger partial charge is 0.309 e. The standard InChI is InChI=1S/C10H9FN2O3/c11-3-4-12-9-2-1-8(13(15)16)5-7(9)6-10(12)14/h1-2,5H,3-4,6H2. The number of nitro benzene ring substituents is 1. The molecule has 0 spiro atoms. The van der Waals surface area contributed by atoms with Gasteiger partial charge in [-0.05, 0) is 11.6 Å². The Labute approximate surface area is 90.6 Å². The van der Waals surface area contributed by atoms with Crippen LogP contribution in [0.2, 0.25) is 0 Å². The van der Waals surface area contributed by atoms with Gasteiger partial charge in [0.25, 0.3) is 5.69 Å². The number of fused-ring (bicyclic) bond motifs is 1. The van der Waals surface area contributed by atoms with E-state index in [1.807, 2.05) is 0 Å². The van der Waals surface area contributed by atoms with Crippen LogP contribution in [0, 0.1) is 10.1 Å². The highest BCUT2D eigenvalue weighted by atomic mass is 19.1. The SMILES string of the molecule is O=C1Cc2cc([N+](=O)[O-])ccc2N1CCF. The molecule has 2 rings (SSSR count). The second kappa shape index (κ2) is 3.88. The Balaban J connectivity index is 2.38. The molecule has 0 aromatic heterocycles. The summed E-state index contributed by atoms with van der Waals surface area (Å²) in [5.74, 6) is -0.215. The van der Waals surface area contributed by atoms with Crippen LogP contribution in [0.1, 0.15) is 5.56 Å². The second-order valence-corrected chi connectivity index (χ2v) is 3.48. The molecule has 0 saturated carbocycles. The number of carbonyl (C=O) groups is 1. The number of anilines is 1. The molecule has 0 atom stereocenters. The van der Waals surface area contributed by atoms with E-state index in [0.717, 1.165) is 0 Å². The molecular formula is C10H9FN2O3. The summed E-state index contributed by atoms with van der Waals surface area (Å²) >= 11 is 0. The van der Waals surface area contributed by atoms with Gasteiger partial charge < -0.3 is 4.90 Å². The highest BCUT2D eigenvalue weighted by Gasteiger charge is 2.28. The zero-order chi connectivity index (χ0) is 11.7. The topological polar surface area (TPSA) is 63.4 Å². The first kappa shape index (κ1) is 10.5. The molecule has 16 heavy (non-hydrogen) atoms. The van der Waals surface area contributed by atoms with E-state index in [1.165, 1.54) is 23.1 Å². The number of halogens is 1. The Hall–Kier alpha value is -1.98. The zero-order valence-electron chi connectivity index (χ0n) is 8.35. The Morgan fingerprint density at radius 2 is 2.25 bits per heavy atom. The average Bonchev–Trinajstić information content (AvgIpc) is 2.55. The third-order valence-electron chi connectivity index (χ3n) is 2.52. The van der Waals surface area contributed by atoms with Crippen molar-refractivity contribution >= 4 is 17.3 Å². The molecule has 0 N–H and O–H groups in total. The third kappa shape index (κ3) is 1.62. The summed E-state index contributed by atoms with van der Waals surface area (Å²) in [4.78, 5) is 22.8. The van der Waals surface area contributed by atoms with Crippen LogP contribution in [-0.2, 0) is 11.2 Å². The molecule has 5 nitrogen and oxygen atoms in total. The van der Waals surface area contributed by atoms with E-state index in [9.17, 15) is 19.3 Å². The van der Waals surface area contributed by atoms with Crippen molar-refractivity contribution < 1.29 is 14.1 Å². The minimum Gasteiger partial charge on any atom is -0.309 e. The van der Waals surface area contributed by atoms with Crippen LogP contribution in [0.25, 0.3) is 0 Å². The van der Waals surface area contributed by atoms with Gasteiger partial charge in [-0.2, -0.15) is 0 Å². The number of rotatable bonds is 3. The maximum atomic E-state index is 12.2. The molecular weight excluding hydrogens is 215 g/mol. The number of carbonyl (C=O) groups excluding carboxylic acids is 1. The highest BCUT2D eigenvalue weighted by molar-refractivity contribution is 6.01. The lowest BCUT2D eigenvalue weighted by molar-refractivity contribution is -0.384. The maximum Gasteiger partial charge on any atom is 0.269 e. The van der Waals surface area contributed by atoms with Crippen molar-refractivity contribution in [2.45, 2.75) is 6.42 Å². The molecule has 1 heterocycles. The Bertz CT molecular complexity index is 461. The lowest BCUT2D eigenvalue weighted by atomic mass is 10.1. The molecule has 84 valence electrons. The van der Waals surface area contributed by atoms with E-state index in [-0.39, 0.29) is 24.6 Å². The molecule has 1 aliphatic rings. The normalized spacial score (nSPS) is 14.1. The van der Waals surface area contributed by atoms with E-state index in [2.05, 4.69) is 0 Å². The molecule has 1 aromatic rings. The van der Waals surface area contributed by atoms with Gasteiger partial charge in [-0.15, -0.1) is 0 Å². The summed E-state index contributed by atoms with van der Waals surface area (Å²) in [6.07, 6.45) is 0.108. The van der Waals surface area contributed by atoms with Gasteiger partial charge in [0.2, 0.25) is 5.91 Å². The van der Waals surface area contributed by atoms with Crippen LogP contribution in [0.15, 0.2) is 18.2 Å². The van der Waals surface area contributed by atoms with E-state index in [0.29, 0.717) is 11.3 Å². The summed E-state index contributed by atoms with van der Waals surface area (Å²) in [6, 6.07) is 4.18. The van der Waals surface area contributed by atoms with Crippen molar-refractivity contribution in [2.24, 2.45) is 0 Å².